The van der Waals surface area contributed by atoms with Crippen LogP contribution in [-0.4, -0.2) is 79.9 Å². The second kappa shape index (κ2) is 14.0. The summed E-state index contributed by atoms with van der Waals surface area (Å²) in [5.41, 5.74) is 5.72. The van der Waals surface area contributed by atoms with Crippen molar-refractivity contribution in [1.82, 2.24) is 15.1 Å². The summed E-state index contributed by atoms with van der Waals surface area (Å²) in [5.74, 6) is 0. The molecule has 0 aliphatic carbocycles. The van der Waals surface area contributed by atoms with Crippen LogP contribution in [0.5, 0.6) is 0 Å². The van der Waals surface area contributed by atoms with Gasteiger partial charge in [-0.05, 0) is 84.8 Å². The smallest absolute Gasteiger partial charge is 0.0431 e. The van der Waals surface area contributed by atoms with Crippen LogP contribution in [0.3, 0.4) is 0 Å². The topological polar surface area (TPSA) is 64.8 Å². The van der Waals surface area contributed by atoms with Crippen LogP contribution in [0.2, 0.25) is 0 Å². The lowest BCUT2D eigenvalue weighted by Gasteiger charge is -2.31. The maximum atomic E-state index is 8.66. The van der Waals surface area contributed by atoms with E-state index in [0.29, 0.717) is 12.6 Å². The second-order valence-corrected chi connectivity index (χ2v) is 7.37. The summed E-state index contributed by atoms with van der Waals surface area (Å²) in [7, 11) is 2.25. The Kier molecular flexibility index (Phi) is 12.8. The maximum Gasteiger partial charge on any atom is 0.0431 e. The van der Waals surface area contributed by atoms with E-state index in [0.717, 1.165) is 12.5 Å². The molecular formula is C19H42N4O. The van der Waals surface area contributed by atoms with Crippen LogP contribution in [0.1, 0.15) is 58.3 Å². The van der Waals surface area contributed by atoms with Crippen LogP contribution in [0.4, 0.5) is 0 Å². The van der Waals surface area contributed by atoms with E-state index in [4.69, 9.17) is 10.8 Å². The molecule has 0 radical (unpaired) electrons. The molecule has 2 aliphatic rings. The number of likely N-dealkylation sites (tertiary alicyclic amines) is 1. The molecule has 0 aromatic carbocycles. The minimum Gasteiger partial charge on any atom is -0.396 e. The van der Waals surface area contributed by atoms with Crippen molar-refractivity contribution in [1.29, 1.82) is 0 Å². The molecule has 2 rings (SSSR count). The van der Waals surface area contributed by atoms with Gasteiger partial charge in [0.1, 0.15) is 0 Å². The summed E-state index contributed by atoms with van der Waals surface area (Å²) in [6, 6.07) is 1.27. The fourth-order valence-electron chi connectivity index (χ4n) is 3.53. The summed E-state index contributed by atoms with van der Waals surface area (Å²) in [5, 5.41) is 12.1. The Morgan fingerprint density at radius 3 is 2.25 bits per heavy atom. The molecule has 144 valence electrons. The molecule has 2 fully saturated rings. The van der Waals surface area contributed by atoms with Gasteiger partial charge in [-0.15, -0.1) is 0 Å². The van der Waals surface area contributed by atoms with Gasteiger partial charge in [0.15, 0.2) is 0 Å². The average molecular weight is 343 g/mol. The molecule has 2 saturated heterocycles. The van der Waals surface area contributed by atoms with Gasteiger partial charge in [-0.25, -0.2) is 0 Å². The van der Waals surface area contributed by atoms with Gasteiger partial charge < -0.3 is 26.0 Å². The molecule has 4 N–H and O–H groups in total. The highest BCUT2D eigenvalue weighted by Gasteiger charge is 2.16. The molecule has 24 heavy (non-hydrogen) atoms. The monoisotopic (exact) mass is 342 g/mol. The first-order chi connectivity index (χ1) is 11.7. The number of nitrogens with zero attached hydrogens (tertiary/aromatic N) is 2. The number of unbranched alkanes of at least 4 members (excludes halogenated alkanes) is 3. The first-order valence-electron chi connectivity index (χ1n) is 10.2. The zero-order chi connectivity index (χ0) is 17.6. The largest absolute Gasteiger partial charge is 0.396 e. The Labute approximate surface area is 150 Å². The lowest BCUT2D eigenvalue weighted by molar-refractivity contribution is 0.194. The molecule has 0 amide bonds. The van der Waals surface area contributed by atoms with Crippen molar-refractivity contribution in [2.75, 3.05) is 52.9 Å². The molecule has 0 unspecified atom stereocenters. The lowest BCUT2D eigenvalue weighted by Crippen LogP contribution is -2.41. The quantitative estimate of drug-likeness (QED) is 0.586. The number of hydrogen-bond acceptors (Lipinski definition) is 5. The first kappa shape index (κ1) is 21.8. The standard InChI is InChI=1S/C12H26N2O.C7H16N2/c1-14(10-4-2-3-5-11-15)12-6-8-13-9-7-12;1-2-9-5-3-7(8)4-6-9/h12-13,15H,2-11H2,1H3;7H,2-6,8H2,1H3. The molecule has 0 bridgehead atoms. The number of hydrogen-bond donors (Lipinski definition) is 3. The van der Waals surface area contributed by atoms with Crippen molar-refractivity contribution in [2.24, 2.45) is 5.73 Å². The number of aliphatic hydroxyl groups is 1. The molecule has 0 saturated carbocycles. The molecule has 2 heterocycles. The van der Waals surface area contributed by atoms with Crippen molar-refractivity contribution >= 4 is 0 Å². The van der Waals surface area contributed by atoms with Gasteiger partial charge in [0.2, 0.25) is 0 Å². The van der Waals surface area contributed by atoms with Gasteiger partial charge in [-0.2, -0.15) is 0 Å². The third-order valence-corrected chi connectivity index (χ3v) is 5.43. The third kappa shape index (κ3) is 9.94. The van der Waals surface area contributed by atoms with E-state index in [1.807, 2.05) is 0 Å². The zero-order valence-corrected chi connectivity index (χ0v) is 16.2. The van der Waals surface area contributed by atoms with Crippen LogP contribution >= 0.6 is 0 Å². The van der Waals surface area contributed by atoms with Gasteiger partial charge in [0.25, 0.3) is 0 Å². The lowest BCUT2D eigenvalue weighted by atomic mass is 10.0. The van der Waals surface area contributed by atoms with Crippen LogP contribution in [0.15, 0.2) is 0 Å². The van der Waals surface area contributed by atoms with E-state index < -0.39 is 0 Å². The van der Waals surface area contributed by atoms with Gasteiger partial charge in [-0.1, -0.05) is 19.8 Å². The molecule has 5 nitrogen and oxygen atoms in total. The van der Waals surface area contributed by atoms with E-state index in [9.17, 15) is 0 Å². The summed E-state index contributed by atoms with van der Waals surface area (Å²) in [6.07, 6.45) is 9.66. The molecule has 0 atom stereocenters. The molecule has 5 heteroatoms. The molecule has 0 aromatic rings. The Morgan fingerprint density at radius 2 is 1.67 bits per heavy atom. The van der Waals surface area contributed by atoms with Crippen molar-refractivity contribution in [2.45, 2.75) is 70.4 Å². The van der Waals surface area contributed by atoms with Gasteiger partial charge in [0.05, 0.1) is 0 Å². The van der Waals surface area contributed by atoms with Crippen molar-refractivity contribution in [3.63, 3.8) is 0 Å². The van der Waals surface area contributed by atoms with Gasteiger partial charge in [-0.3, -0.25) is 0 Å². The van der Waals surface area contributed by atoms with Crippen molar-refractivity contribution in [3.05, 3.63) is 0 Å². The zero-order valence-electron chi connectivity index (χ0n) is 16.2. The van der Waals surface area contributed by atoms with Gasteiger partial charge in [0, 0.05) is 18.7 Å². The number of piperidine rings is 2. The van der Waals surface area contributed by atoms with E-state index in [1.165, 1.54) is 84.2 Å². The van der Waals surface area contributed by atoms with Crippen LogP contribution in [0, 0.1) is 0 Å². The first-order valence-corrected chi connectivity index (χ1v) is 10.2. The number of nitrogens with one attached hydrogen (secondary N) is 1. The summed E-state index contributed by atoms with van der Waals surface area (Å²) in [6.45, 7) is 9.73. The minimum atomic E-state index is 0.351. The molecule has 0 aromatic heterocycles. The fourth-order valence-corrected chi connectivity index (χ4v) is 3.53. The minimum absolute atomic E-state index is 0.351. The molecule has 0 spiro atoms. The highest BCUT2D eigenvalue weighted by atomic mass is 16.2. The number of rotatable bonds is 8. The summed E-state index contributed by atoms with van der Waals surface area (Å²) < 4.78 is 0. The van der Waals surface area contributed by atoms with Crippen LogP contribution in [-0.2, 0) is 0 Å². The van der Waals surface area contributed by atoms with Crippen LogP contribution in [0.25, 0.3) is 0 Å². The van der Waals surface area contributed by atoms with Gasteiger partial charge >= 0.3 is 0 Å². The van der Waals surface area contributed by atoms with E-state index in [1.54, 1.807) is 0 Å². The van der Waals surface area contributed by atoms with E-state index in [2.05, 4.69) is 29.1 Å². The summed E-state index contributed by atoms with van der Waals surface area (Å²) >= 11 is 0. The Hall–Kier alpha value is -0.200. The highest BCUT2D eigenvalue weighted by Crippen LogP contribution is 2.11. The second-order valence-electron chi connectivity index (χ2n) is 7.37. The van der Waals surface area contributed by atoms with Crippen molar-refractivity contribution in [3.8, 4) is 0 Å². The molecular weight excluding hydrogens is 300 g/mol. The van der Waals surface area contributed by atoms with Crippen molar-refractivity contribution < 1.29 is 5.11 Å². The third-order valence-electron chi connectivity index (χ3n) is 5.43. The normalized spacial score (nSPS) is 20.9. The van der Waals surface area contributed by atoms with E-state index >= 15 is 0 Å². The molecule has 2 aliphatic heterocycles. The maximum absolute atomic E-state index is 8.66. The number of aliphatic hydroxyl groups excluding tert-OH is 1. The predicted octanol–water partition coefficient (Wildman–Crippen LogP) is 1.65. The average Bonchev–Trinajstić information content (AvgIpc) is 2.63. The highest BCUT2D eigenvalue weighted by molar-refractivity contribution is 4.75. The Bertz CT molecular complexity index is 277. The van der Waals surface area contributed by atoms with E-state index in [-0.39, 0.29) is 0 Å². The predicted molar refractivity (Wildman–Crippen MR) is 103 cm³/mol. The summed E-state index contributed by atoms with van der Waals surface area (Å²) in [4.78, 5) is 4.96. The SMILES string of the molecule is CCN1CCC(N)CC1.CN(CCCCCCO)C1CCNCC1. The Balaban J connectivity index is 0.000000272. The fraction of sp³-hybridized carbons (Fsp3) is 1.00. The number of nitrogens with two attached hydrogens (primary N) is 1. The van der Waals surface area contributed by atoms with Crippen LogP contribution < -0.4 is 11.1 Å². The Morgan fingerprint density at radius 1 is 1.04 bits per heavy atom.